The number of hydrogen-bond donors (Lipinski definition) is 1. The largest absolute Gasteiger partial charge is 0.507 e. The Morgan fingerprint density at radius 2 is 2.14 bits per heavy atom. The summed E-state index contributed by atoms with van der Waals surface area (Å²) in [5.74, 6) is 0.320. The van der Waals surface area contributed by atoms with Crippen LogP contribution in [0, 0.1) is 3.57 Å². The molecule has 1 aromatic heterocycles. The van der Waals surface area contributed by atoms with Crippen LogP contribution in [0.15, 0.2) is 18.3 Å². The summed E-state index contributed by atoms with van der Waals surface area (Å²) in [5, 5.41) is 14.9. The van der Waals surface area contributed by atoms with Crippen molar-refractivity contribution < 1.29 is 5.11 Å². The summed E-state index contributed by atoms with van der Waals surface area (Å²) in [4.78, 5) is 0. The lowest BCUT2D eigenvalue weighted by Gasteiger charge is -2.07. The maximum atomic E-state index is 9.59. The molecule has 2 aromatic rings. The van der Waals surface area contributed by atoms with Gasteiger partial charge in [0.15, 0.2) is 0 Å². The van der Waals surface area contributed by atoms with E-state index in [0.29, 0.717) is 11.8 Å². The molecule has 0 radical (unpaired) electrons. The van der Waals surface area contributed by atoms with Gasteiger partial charge in [0.2, 0.25) is 0 Å². The first kappa shape index (κ1) is 9.76. The Bertz CT molecular complexity index is 476. The highest BCUT2D eigenvalue weighted by atomic mass is 127. The second kappa shape index (κ2) is 3.42. The Morgan fingerprint density at radius 3 is 2.79 bits per heavy atom. The van der Waals surface area contributed by atoms with Gasteiger partial charge in [-0.2, -0.15) is 5.10 Å². The number of phenols is 1. The fourth-order valence-corrected chi connectivity index (χ4v) is 1.96. The standard InChI is InChI=1S/C10H11IN2O/c1-6(2)13-9-4-10(14)8(11)3-7(9)5-12-13/h3-6,14H,1-2H3. The fourth-order valence-electron chi connectivity index (χ4n) is 1.47. The van der Waals surface area contributed by atoms with Gasteiger partial charge in [0.25, 0.3) is 0 Å². The number of hydrogen-bond acceptors (Lipinski definition) is 2. The van der Waals surface area contributed by atoms with Crippen molar-refractivity contribution in [2.75, 3.05) is 0 Å². The van der Waals surface area contributed by atoms with Crippen molar-refractivity contribution in [1.82, 2.24) is 9.78 Å². The van der Waals surface area contributed by atoms with Gasteiger partial charge in [0, 0.05) is 17.5 Å². The summed E-state index contributed by atoms with van der Waals surface area (Å²) in [5.41, 5.74) is 0.984. The van der Waals surface area contributed by atoms with E-state index in [-0.39, 0.29) is 0 Å². The van der Waals surface area contributed by atoms with Crippen molar-refractivity contribution in [3.05, 3.63) is 21.9 Å². The first-order valence-corrected chi connectivity index (χ1v) is 5.53. The van der Waals surface area contributed by atoms with Gasteiger partial charge in [0.1, 0.15) is 5.75 Å². The third kappa shape index (κ3) is 1.47. The molecule has 1 aromatic carbocycles. The molecule has 0 aliphatic rings. The van der Waals surface area contributed by atoms with Crippen LogP contribution < -0.4 is 0 Å². The second-order valence-corrected chi connectivity index (χ2v) is 4.71. The average Bonchev–Trinajstić information content (AvgIpc) is 2.48. The Balaban J connectivity index is 2.74. The smallest absolute Gasteiger partial charge is 0.131 e. The Morgan fingerprint density at radius 1 is 1.43 bits per heavy atom. The molecule has 2 rings (SSSR count). The number of halogens is 1. The van der Waals surface area contributed by atoms with Crippen molar-refractivity contribution >= 4 is 33.5 Å². The monoisotopic (exact) mass is 302 g/mol. The van der Waals surface area contributed by atoms with Gasteiger partial charge in [-0.25, -0.2) is 0 Å². The zero-order valence-electron chi connectivity index (χ0n) is 8.03. The maximum Gasteiger partial charge on any atom is 0.131 e. The molecule has 3 nitrogen and oxygen atoms in total. The van der Waals surface area contributed by atoms with Crippen molar-refractivity contribution in [2.24, 2.45) is 0 Å². The topological polar surface area (TPSA) is 38.0 Å². The SMILES string of the molecule is CC(C)n1ncc2cc(I)c(O)cc21. The van der Waals surface area contributed by atoms with Gasteiger partial charge in [-0.15, -0.1) is 0 Å². The van der Waals surface area contributed by atoms with Gasteiger partial charge < -0.3 is 5.11 Å². The van der Waals surface area contributed by atoms with Crippen molar-refractivity contribution in [3.63, 3.8) is 0 Å². The molecule has 0 saturated heterocycles. The summed E-state index contributed by atoms with van der Waals surface area (Å²) in [6.45, 7) is 4.14. The van der Waals surface area contributed by atoms with E-state index >= 15 is 0 Å². The molecule has 1 N–H and O–H groups in total. The van der Waals surface area contributed by atoms with E-state index in [1.54, 1.807) is 6.07 Å². The number of benzene rings is 1. The first-order chi connectivity index (χ1) is 6.59. The van der Waals surface area contributed by atoms with Crippen molar-refractivity contribution in [2.45, 2.75) is 19.9 Å². The molecule has 4 heteroatoms. The van der Waals surface area contributed by atoms with Gasteiger partial charge in [0.05, 0.1) is 15.3 Å². The van der Waals surface area contributed by atoms with Crippen LogP contribution in [0.25, 0.3) is 10.9 Å². The zero-order chi connectivity index (χ0) is 10.3. The van der Waals surface area contributed by atoms with E-state index in [9.17, 15) is 5.11 Å². The van der Waals surface area contributed by atoms with Crippen molar-refractivity contribution in [1.29, 1.82) is 0 Å². The summed E-state index contributed by atoms with van der Waals surface area (Å²) in [6.07, 6.45) is 1.83. The Hall–Kier alpha value is -0.780. The fraction of sp³-hybridized carbons (Fsp3) is 0.300. The van der Waals surface area contributed by atoms with Crippen LogP contribution in [-0.2, 0) is 0 Å². The normalized spacial score (nSPS) is 11.4. The molecule has 74 valence electrons. The third-order valence-electron chi connectivity index (χ3n) is 2.15. The molecule has 0 unspecified atom stereocenters. The predicted octanol–water partition coefficient (Wildman–Crippen LogP) is 2.93. The van der Waals surface area contributed by atoms with Gasteiger partial charge in [-0.3, -0.25) is 4.68 Å². The Labute approximate surface area is 95.9 Å². The third-order valence-corrected chi connectivity index (χ3v) is 3.02. The first-order valence-electron chi connectivity index (χ1n) is 4.45. The molecule has 0 amide bonds. The lowest BCUT2D eigenvalue weighted by molar-refractivity contribution is 0.471. The summed E-state index contributed by atoms with van der Waals surface area (Å²) in [7, 11) is 0. The molecule has 1 heterocycles. The van der Waals surface area contributed by atoms with Crippen LogP contribution in [0.1, 0.15) is 19.9 Å². The van der Waals surface area contributed by atoms with Crippen LogP contribution in [0.4, 0.5) is 0 Å². The van der Waals surface area contributed by atoms with E-state index in [1.165, 1.54) is 0 Å². The summed E-state index contributed by atoms with van der Waals surface area (Å²) >= 11 is 2.11. The number of aromatic hydroxyl groups is 1. The summed E-state index contributed by atoms with van der Waals surface area (Å²) < 4.78 is 2.77. The summed E-state index contributed by atoms with van der Waals surface area (Å²) in [6, 6.07) is 4.02. The number of phenolic OH excluding ortho intramolecular Hbond substituents is 1. The molecule has 0 saturated carbocycles. The lowest BCUT2D eigenvalue weighted by atomic mass is 10.2. The Kier molecular flexibility index (Phi) is 2.38. The molecule has 0 bridgehead atoms. The number of nitrogens with zero attached hydrogens (tertiary/aromatic N) is 2. The average molecular weight is 302 g/mol. The number of fused-ring (bicyclic) bond motifs is 1. The second-order valence-electron chi connectivity index (χ2n) is 3.55. The molecule has 0 atom stereocenters. The van der Waals surface area contributed by atoms with E-state index in [2.05, 4.69) is 41.5 Å². The van der Waals surface area contributed by atoms with Crippen LogP contribution in [0.2, 0.25) is 0 Å². The molecule has 14 heavy (non-hydrogen) atoms. The quantitative estimate of drug-likeness (QED) is 0.823. The van der Waals surface area contributed by atoms with Gasteiger partial charge in [-0.05, 0) is 42.5 Å². The van der Waals surface area contributed by atoms with Gasteiger partial charge >= 0.3 is 0 Å². The molecule has 0 aliphatic heterocycles. The van der Waals surface area contributed by atoms with Crippen LogP contribution in [-0.4, -0.2) is 14.9 Å². The van der Waals surface area contributed by atoms with Crippen LogP contribution in [0.3, 0.4) is 0 Å². The highest BCUT2D eigenvalue weighted by molar-refractivity contribution is 14.1. The zero-order valence-corrected chi connectivity index (χ0v) is 10.2. The highest BCUT2D eigenvalue weighted by Gasteiger charge is 2.08. The predicted molar refractivity (Wildman–Crippen MR) is 64.5 cm³/mol. The minimum atomic E-state index is 0.312. The number of aromatic nitrogens is 2. The maximum absolute atomic E-state index is 9.59. The highest BCUT2D eigenvalue weighted by Crippen LogP contribution is 2.27. The van der Waals surface area contributed by atoms with E-state index in [0.717, 1.165) is 14.5 Å². The molecule has 0 aliphatic carbocycles. The van der Waals surface area contributed by atoms with Crippen molar-refractivity contribution in [3.8, 4) is 5.75 Å². The minimum Gasteiger partial charge on any atom is -0.507 e. The molecular formula is C10H11IN2O. The van der Waals surface area contributed by atoms with E-state index in [4.69, 9.17) is 0 Å². The van der Waals surface area contributed by atoms with Crippen LogP contribution >= 0.6 is 22.6 Å². The van der Waals surface area contributed by atoms with E-state index in [1.807, 2.05) is 16.9 Å². The minimum absolute atomic E-state index is 0.312. The number of rotatable bonds is 1. The lowest BCUT2D eigenvalue weighted by Crippen LogP contribution is -2.01. The van der Waals surface area contributed by atoms with Crippen LogP contribution in [0.5, 0.6) is 5.75 Å². The molecule has 0 fully saturated rings. The van der Waals surface area contributed by atoms with E-state index < -0.39 is 0 Å². The molecule has 0 spiro atoms. The molecular weight excluding hydrogens is 291 g/mol. The van der Waals surface area contributed by atoms with Gasteiger partial charge in [-0.1, -0.05) is 0 Å².